The molecule has 1 aliphatic heterocycles. The van der Waals surface area contributed by atoms with Gasteiger partial charge in [0.2, 0.25) is 5.78 Å². The number of halogens is 1. The molecule has 0 saturated carbocycles. The summed E-state index contributed by atoms with van der Waals surface area (Å²) >= 11 is 4.88. The Morgan fingerprint density at radius 1 is 1.19 bits per heavy atom. The first-order valence-corrected chi connectivity index (χ1v) is 9.79. The summed E-state index contributed by atoms with van der Waals surface area (Å²) in [5, 5.41) is 1.97. The normalized spacial score (nSPS) is 14.1. The first-order valence-electron chi connectivity index (χ1n) is 8.12. The number of esters is 1. The van der Waals surface area contributed by atoms with Crippen LogP contribution in [0, 0.1) is 6.92 Å². The van der Waals surface area contributed by atoms with E-state index in [0.717, 1.165) is 10.4 Å². The molecule has 1 aromatic heterocycles. The van der Waals surface area contributed by atoms with Gasteiger partial charge in [0.1, 0.15) is 11.5 Å². The first-order chi connectivity index (χ1) is 13.0. The van der Waals surface area contributed by atoms with E-state index in [1.165, 1.54) is 0 Å². The Hall–Kier alpha value is -2.70. The van der Waals surface area contributed by atoms with Crippen LogP contribution in [0.1, 0.15) is 31.2 Å². The number of benzene rings is 2. The number of ether oxygens (including phenoxy) is 2. The quantitative estimate of drug-likeness (QED) is 0.299. The smallest absolute Gasteiger partial charge is 0.344 e. The Labute approximate surface area is 168 Å². The van der Waals surface area contributed by atoms with Crippen molar-refractivity contribution in [2.45, 2.75) is 6.92 Å². The third-order valence-corrected chi connectivity index (χ3v) is 5.77. The molecule has 0 radical (unpaired) electrons. The monoisotopic (exact) mass is 440 g/mol. The van der Waals surface area contributed by atoms with Crippen LogP contribution in [0.5, 0.6) is 11.5 Å². The van der Waals surface area contributed by atoms with Gasteiger partial charge in [-0.25, -0.2) is 4.79 Å². The van der Waals surface area contributed by atoms with Gasteiger partial charge in [0, 0.05) is 21.5 Å². The molecule has 0 unspecified atom stereocenters. The zero-order valence-corrected chi connectivity index (χ0v) is 16.6. The second-order valence-corrected chi connectivity index (χ2v) is 7.74. The van der Waals surface area contributed by atoms with E-state index in [9.17, 15) is 9.59 Å². The Balaban J connectivity index is 1.58. The molecule has 3 aromatic rings. The minimum atomic E-state index is -0.489. The summed E-state index contributed by atoms with van der Waals surface area (Å²) in [6, 6.07) is 13.8. The maximum atomic E-state index is 12.5. The van der Waals surface area contributed by atoms with Crippen LogP contribution < -0.4 is 9.47 Å². The fourth-order valence-electron chi connectivity index (χ4n) is 2.67. The van der Waals surface area contributed by atoms with Gasteiger partial charge in [-0.3, -0.25) is 4.79 Å². The lowest BCUT2D eigenvalue weighted by Crippen LogP contribution is -2.09. The molecule has 0 bridgehead atoms. The number of hydrogen-bond donors (Lipinski definition) is 0. The van der Waals surface area contributed by atoms with Crippen molar-refractivity contribution in [1.29, 1.82) is 0 Å². The molecular weight excluding hydrogens is 428 g/mol. The molecule has 134 valence electrons. The third kappa shape index (κ3) is 3.46. The van der Waals surface area contributed by atoms with Crippen molar-refractivity contribution in [1.82, 2.24) is 0 Å². The highest BCUT2D eigenvalue weighted by molar-refractivity contribution is 9.10. The summed E-state index contributed by atoms with van der Waals surface area (Å²) in [5.74, 6) is 0.303. The molecule has 2 heterocycles. The molecule has 4 nitrogen and oxygen atoms in total. The van der Waals surface area contributed by atoms with E-state index in [1.54, 1.807) is 53.8 Å². The van der Waals surface area contributed by atoms with Gasteiger partial charge in [0.15, 0.2) is 5.76 Å². The number of fused-ring (bicyclic) bond motifs is 1. The van der Waals surface area contributed by atoms with E-state index in [-0.39, 0.29) is 11.5 Å². The number of thiophene rings is 1. The van der Waals surface area contributed by atoms with E-state index in [2.05, 4.69) is 15.9 Å². The SMILES string of the molecule is Cc1ccsc1/C=C1\Oc2cc(OC(=O)c3ccccc3Br)ccc2C1=O. The van der Waals surface area contributed by atoms with Crippen molar-refractivity contribution in [2.75, 3.05) is 0 Å². The standard InChI is InChI=1S/C21H13BrO4S/c1-12-8-9-27-19(12)11-18-20(23)15-7-6-13(10-17(15)26-18)25-21(24)14-4-2-3-5-16(14)22/h2-11H,1H3/b18-11-. The first kappa shape index (κ1) is 17.7. The highest BCUT2D eigenvalue weighted by atomic mass is 79.9. The molecule has 6 heteroatoms. The maximum Gasteiger partial charge on any atom is 0.344 e. The fraction of sp³-hybridized carbons (Fsp3) is 0.0476. The lowest BCUT2D eigenvalue weighted by molar-refractivity contribution is 0.0733. The summed E-state index contributed by atoms with van der Waals surface area (Å²) < 4.78 is 11.8. The van der Waals surface area contributed by atoms with Crippen LogP contribution >= 0.6 is 27.3 Å². The van der Waals surface area contributed by atoms with Gasteiger partial charge < -0.3 is 9.47 Å². The van der Waals surface area contributed by atoms with Crippen LogP contribution in [-0.2, 0) is 0 Å². The summed E-state index contributed by atoms with van der Waals surface area (Å²) in [7, 11) is 0. The molecular formula is C21H13BrO4S. The molecule has 4 rings (SSSR count). The molecule has 0 N–H and O–H groups in total. The molecule has 0 fully saturated rings. The van der Waals surface area contributed by atoms with Crippen molar-refractivity contribution in [3.63, 3.8) is 0 Å². The van der Waals surface area contributed by atoms with Crippen LogP contribution in [-0.4, -0.2) is 11.8 Å². The molecule has 27 heavy (non-hydrogen) atoms. The van der Waals surface area contributed by atoms with Crippen LogP contribution in [0.4, 0.5) is 0 Å². The predicted octanol–water partition coefficient (Wildman–Crippen LogP) is 5.65. The number of Topliss-reactive ketones (excluding diaryl/α,β-unsaturated/α-hetero) is 1. The lowest BCUT2D eigenvalue weighted by Gasteiger charge is -2.06. The summed E-state index contributed by atoms with van der Waals surface area (Å²) in [6.07, 6.45) is 1.75. The van der Waals surface area contributed by atoms with Crippen LogP contribution in [0.25, 0.3) is 6.08 Å². The average Bonchev–Trinajstić information content (AvgIpc) is 3.19. The number of ketones is 1. The van der Waals surface area contributed by atoms with Crippen LogP contribution in [0.15, 0.2) is 64.1 Å². The number of carbonyl (C=O) groups is 2. The fourth-order valence-corrected chi connectivity index (χ4v) is 3.97. The summed E-state index contributed by atoms with van der Waals surface area (Å²) in [6.45, 7) is 1.98. The zero-order valence-electron chi connectivity index (χ0n) is 14.2. The zero-order chi connectivity index (χ0) is 19.0. The molecule has 0 spiro atoms. The molecule has 2 aromatic carbocycles. The molecule has 0 aliphatic carbocycles. The number of hydrogen-bond acceptors (Lipinski definition) is 5. The third-order valence-electron chi connectivity index (χ3n) is 4.11. The highest BCUT2D eigenvalue weighted by Crippen LogP contribution is 2.36. The minimum absolute atomic E-state index is 0.179. The minimum Gasteiger partial charge on any atom is -0.452 e. The van der Waals surface area contributed by atoms with Crippen molar-refractivity contribution in [2.24, 2.45) is 0 Å². The summed E-state index contributed by atoms with van der Waals surface area (Å²) in [5.41, 5.74) is 1.96. The Morgan fingerprint density at radius 2 is 2.00 bits per heavy atom. The van der Waals surface area contributed by atoms with E-state index in [0.29, 0.717) is 27.1 Å². The number of carbonyl (C=O) groups excluding carboxylic acids is 2. The van der Waals surface area contributed by atoms with Gasteiger partial charge in [0.25, 0.3) is 0 Å². The highest BCUT2D eigenvalue weighted by Gasteiger charge is 2.28. The van der Waals surface area contributed by atoms with Crippen molar-refractivity contribution in [3.8, 4) is 11.5 Å². The Morgan fingerprint density at radius 3 is 2.74 bits per heavy atom. The molecule has 0 saturated heterocycles. The van der Waals surface area contributed by atoms with Crippen molar-refractivity contribution < 1.29 is 19.1 Å². The van der Waals surface area contributed by atoms with Gasteiger partial charge in [0.05, 0.1) is 11.1 Å². The Kier molecular flexibility index (Phi) is 4.68. The second-order valence-electron chi connectivity index (χ2n) is 5.93. The summed E-state index contributed by atoms with van der Waals surface area (Å²) in [4.78, 5) is 25.9. The topological polar surface area (TPSA) is 52.6 Å². The van der Waals surface area contributed by atoms with E-state index < -0.39 is 5.97 Å². The van der Waals surface area contributed by atoms with Crippen LogP contribution in [0.3, 0.4) is 0 Å². The number of rotatable bonds is 3. The lowest BCUT2D eigenvalue weighted by atomic mass is 10.1. The van der Waals surface area contributed by atoms with Gasteiger partial charge in [-0.05, 0) is 64.1 Å². The van der Waals surface area contributed by atoms with Crippen molar-refractivity contribution >= 4 is 45.1 Å². The van der Waals surface area contributed by atoms with Crippen molar-refractivity contribution in [3.05, 3.63) is 85.7 Å². The second kappa shape index (κ2) is 7.13. The largest absolute Gasteiger partial charge is 0.452 e. The van der Waals surface area contributed by atoms with Gasteiger partial charge >= 0.3 is 5.97 Å². The predicted molar refractivity (Wildman–Crippen MR) is 108 cm³/mol. The van der Waals surface area contributed by atoms with E-state index in [1.807, 2.05) is 24.4 Å². The molecule has 0 amide bonds. The van der Waals surface area contributed by atoms with Gasteiger partial charge in [-0.1, -0.05) is 12.1 Å². The van der Waals surface area contributed by atoms with Gasteiger partial charge in [-0.2, -0.15) is 0 Å². The Bertz CT molecular complexity index is 1100. The van der Waals surface area contributed by atoms with E-state index >= 15 is 0 Å². The maximum absolute atomic E-state index is 12.5. The average molecular weight is 441 g/mol. The number of allylic oxidation sites excluding steroid dienone is 1. The van der Waals surface area contributed by atoms with Gasteiger partial charge in [-0.15, -0.1) is 11.3 Å². The van der Waals surface area contributed by atoms with Crippen LogP contribution in [0.2, 0.25) is 0 Å². The van der Waals surface area contributed by atoms with E-state index in [4.69, 9.17) is 9.47 Å². The number of aryl methyl sites for hydroxylation is 1. The molecule has 0 atom stereocenters. The molecule has 1 aliphatic rings.